The lowest BCUT2D eigenvalue weighted by Crippen LogP contribution is -2.48. The number of anilines is 2. The predicted molar refractivity (Wildman–Crippen MR) is 170 cm³/mol. The van der Waals surface area contributed by atoms with Crippen LogP contribution in [0.5, 0.6) is 5.75 Å². The molecule has 44 heavy (non-hydrogen) atoms. The quantitative estimate of drug-likeness (QED) is 0.282. The van der Waals surface area contributed by atoms with E-state index in [2.05, 4.69) is 15.6 Å². The third-order valence-electron chi connectivity index (χ3n) is 7.95. The minimum atomic E-state index is -0.478. The summed E-state index contributed by atoms with van der Waals surface area (Å²) in [5, 5.41) is 17.8. The van der Waals surface area contributed by atoms with Gasteiger partial charge >= 0.3 is 6.03 Å². The Morgan fingerprint density at radius 3 is 2.59 bits per heavy atom. The van der Waals surface area contributed by atoms with Crippen molar-refractivity contribution in [3.8, 4) is 5.75 Å². The summed E-state index contributed by atoms with van der Waals surface area (Å²) in [6.07, 6.45) is 2.63. The summed E-state index contributed by atoms with van der Waals surface area (Å²) in [6, 6.07) is 21.4. The molecule has 0 fully saturated rings. The number of carbonyl (C=O) groups is 3. The summed E-state index contributed by atoms with van der Waals surface area (Å²) < 4.78 is 6.54. The number of likely N-dealkylation sites (N-methyl/N-ethyl adjacent to an activating group) is 1. The monoisotopic (exact) mass is 595 g/mol. The highest BCUT2D eigenvalue weighted by Gasteiger charge is 2.32. The maximum Gasteiger partial charge on any atom is 0.321 e. The van der Waals surface area contributed by atoms with Gasteiger partial charge in [-0.25, -0.2) is 4.79 Å². The zero-order valence-corrected chi connectivity index (χ0v) is 25.1. The molecule has 1 aromatic heterocycles. The molecule has 0 bridgehead atoms. The van der Waals surface area contributed by atoms with Crippen LogP contribution in [0.4, 0.5) is 16.2 Å². The number of aliphatic hydroxyl groups excluding tert-OH is 1. The number of carbonyl (C=O) groups excluding carboxylic acids is 3. The van der Waals surface area contributed by atoms with Crippen molar-refractivity contribution in [2.24, 2.45) is 5.92 Å². The lowest BCUT2D eigenvalue weighted by Gasteiger charge is -2.34. The number of hydrogen-bond acceptors (Lipinski definition) is 6. The molecule has 10 heteroatoms. The molecule has 0 saturated carbocycles. The number of benzene rings is 3. The molecule has 4 aromatic rings. The number of pyridine rings is 1. The lowest BCUT2D eigenvalue weighted by molar-refractivity contribution is -0.134. The number of urea groups is 1. The molecule has 10 nitrogen and oxygen atoms in total. The molecule has 3 N–H and O–H groups in total. The average Bonchev–Trinajstić information content (AvgIpc) is 3.08. The Morgan fingerprint density at radius 2 is 1.82 bits per heavy atom. The smallest absolute Gasteiger partial charge is 0.321 e. The van der Waals surface area contributed by atoms with Crippen LogP contribution < -0.4 is 15.4 Å². The Balaban J connectivity index is 1.39. The van der Waals surface area contributed by atoms with Gasteiger partial charge in [-0.3, -0.25) is 14.6 Å². The predicted octanol–water partition coefficient (Wildman–Crippen LogP) is 4.80. The minimum Gasteiger partial charge on any atom is -0.488 e. The van der Waals surface area contributed by atoms with E-state index in [1.165, 1.54) is 0 Å². The molecule has 3 atom stereocenters. The first-order valence-corrected chi connectivity index (χ1v) is 14.6. The zero-order valence-electron chi connectivity index (χ0n) is 25.1. The van der Waals surface area contributed by atoms with E-state index >= 15 is 0 Å². The summed E-state index contributed by atoms with van der Waals surface area (Å²) >= 11 is 0. The van der Waals surface area contributed by atoms with Crippen LogP contribution in [-0.4, -0.2) is 76.6 Å². The largest absolute Gasteiger partial charge is 0.488 e. The van der Waals surface area contributed by atoms with Crippen LogP contribution in [-0.2, 0) is 11.2 Å². The minimum absolute atomic E-state index is 0.0233. The van der Waals surface area contributed by atoms with E-state index in [1.54, 1.807) is 66.5 Å². The van der Waals surface area contributed by atoms with Gasteiger partial charge in [0.15, 0.2) is 0 Å². The van der Waals surface area contributed by atoms with Gasteiger partial charge in [0.25, 0.3) is 5.91 Å². The third kappa shape index (κ3) is 6.98. The highest BCUT2D eigenvalue weighted by atomic mass is 16.5. The zero-order chi connectivity index (χ0) is 31.2. The number of amides is 4. The van der Waals surface area contributed by atoms with Crippen molar-refractivity contribution in [1.82, 2.24) is 14.8 Å². The second kappa shape index (κ2) is 13.6. The van der Waals surface area contributed by atoms with E-state index in [9.17, 15) is 19.5 Å². The van der Waals surface area contributed by atoms with Crippen LogP contribution >= 0.6 is 0 Å². The van der Waals surface area contributed by atoms with Crippen molar-refractivity contribution in [3.63, 3.8) is 0 Å². The second-order valence-electron chi connectivity index (χ2n) is 11.2. The molecular formula is C34H37N5O5. The van der Waals surface area contributed by atoms with Crippen molar-refractivity contribution < 1.29 is 24.2 Å². The maximum absolute atomic E-state index is 13.5. The lowest BCUT2D eigenvalue weighted by atomic mass is 10.0. The summed E-state index contributed by atoms with van der Waals surface area (Å²) in [7, 11) is 1.71. The Hall–Kier alpha value is -4.96. The number of rotatable bonds is 7. The van der Waals surface area contributed by atoms with Gasteiger partial charge in [0.05, 0.1) is 31.3 Å². The van der Waals surface area contributed by atoms with Crippen molar-refractivity contribution in [1.29, 1.82) is 0 Å². The summed E-state index contributed by atoms with van der Waals surface area (Å²) in [5.41, 5.74) is 2.28. The number of fused-ring (bicyclic) bond motifs is 2. The summed E-state index contributed by atoms with van der Waals surface area (Å²) in [4.78, 5) is 46.8. The van der Waals surface area contributed by atoms with Gasteiger partial charge < -0.3 is 30.3 Å². The fraction of sp³-hybridized carbons (Fsp3) is 0.294. The van der Waals surface area contributed by atoms with Crippen LogP contribution in [0, 0.1) is 5.92 Å². The van der Waals surface area contributed by atoms with Crippen LogP contribution in [0.3, 0.4) is 0 Å². The van der Waals surface area contributed by atoms with Gasteiger partial charge in [-0.2, -0.15) is 0 Å². The fourth-order valence-corrected chi connectivity index (χ4v) is 5.33. The maximum atomic E-state index is 13.5. The second-order valence-corrected chi connectivity index (χ2v) is 11.2. The van der Waals surface area contributed by atoms with Gasteiger partial charge in [0.1, 0.15) is 11.9 Å². The molecule has 0 saturated heterocycles. The number of ether oxygens (including phenoxy) is 1. The molecule has 3 aromatic carbocycles. The third-order valence-corrected chi connectivity index (χ3v) is 7.95. The number of aromatic nitrogens is 1. The van der Waals surface area contributed by atoms with Crippen LogP contribution in [0.25, 0.3) is 10.8 Å². The van der Waals surface area contributed by atoms with Gasteiger partial charge in [0, 0.05) is 54.1 Å². The SMILES string of the molecule is C[C@@H]1CN([C@@H](C)CO)C(=O)Cc2cc(NC(=O)c3ccncc3)ccc2O[C@H]1CN(C)C(=O)Nc1cccc2ccccc12. The fourth-order valence-electron chi connectivity index (χ4n) is 5.33. The number of nitrogens with one attached hydrogen (secondary N) is 2. The summed E-state index contributed by atoms with van der Waals surface area (Å²) in [6.45, 7) is 4.16. The van der Waals surface area contributed by atoms with Crippen LogP contribution in [0.2, 0.25) is 0 Å². The van der Waals surface area contributed by atoms with Crippen molar-refractivity contribution in [2.75, 3.05) is 37.4 Å². The van der Waals surface area contributed by atoms with E-state index in [-0.39, 0.29) is 43.3 Å². The molecule has 2 heterocycles. The molecule has 1 aliphatic heterocycles. The number of hydrogen-bond donors (Lipinski definition) is 3. The van der Waals surface area contributed by atoms with E-state index in [4.69, 9.17) is 4.74 Å². The Morgan fingerprint density at radius 1 is 1.07 bits per heavy atom. The van der Waals surface area contributed by atoms with E-state index in [1.807, 2.05) is 49.4 Å². The number of aliphatic hydroxyl groups is 1. The molecule has 228 valence electrons. The van der Waals surface area contributed by atoms with Gasteiger partial charge in [-0.1, -0.05) is 43.3 Å². The molecule has 0 radical (unpaired) electrons. The van der Waals surface area contributed by atoms with E-state index < -0.39 is 12.1 Å². The van der Waals surface area contributed by atoms with Gasteiger partial charge in [-0.05, 0) is 48.7 Å². The molecule has 0 aliphatic carbocycles. The highest BCUT2D eigenvalue weighted by molar-refractivity contribution is 6.04. The molecule has 4 amide bonds. The van der Waals surface area contributed by atoms with Gasteiger partial charge in [0.2, 0.25) is 5.91 Å². The van der Waals surface area contributed by atoms with Crippen molar-refractivity contribution >= 4 is 40.0 Å². The van der Waals surface area contributed by atoms with Crippen LogP contribution in [0.15, 0.2) is 85.2 Å². The first kappa shape index (κ1) is 30.5. The molecule has 0 unspecified atom stereocenters. The average molecular weight is 596 g/mol. The highest BCUT2D eigenvalue weighted by Crippen LogP contribution is 2.30. The topological polar surface area (TPSA) is 124 Å². The Labute approximate surface area is 256 Å². The Bertz CT molecular complexity index is 1640. The van der Waals surface area contributed by atoms with Crippen LogP contribution in [0.1, 0.15) is 29.8 Å². The normalized spacial score (nSPS) is 17.4. The Kier molecular flexibility index (Phi) is 9.40. The molecule has 1 aliphatic rings. The van der Waals surface area contributed by atoms with Crippen molar-refractivity contribution in [2.45, 2.75) is 32.4 Å². The molecular weight excluding hydrogens is 558 g/mol. The first-order valence-electron chi connectivity index (χ1n) is 14.6. The molecule has 5 rings (SSSR count). The van der Waals surface area contributed by atoms with Crippen molar-refractivity contribution in [3.05, 3.63) is 96.3 Å². The molecule has 0 spiro atoms. The van der Waals surface area contributed by atoms with E-state index in [0.29, 0.717) is 34.8 Å². The van der Waals surface area contributed by atoms with Gasteiger partial charge in [-0.15, -0.1) is 0 Å². The van der Waals surface area contributed by atoms with E-state index in [0.717, 1.165) is 10.8 Å². The first-order chi connectivity index (χ1) is 21.2. The summed E-state index contributed by atoms with van der Waals surface area (Å²) in [5.74, 6) is -0.150. The number of nitrogens with zero attached hydrogens (tertiary/aromatic N) is 3. The standard InChI is InChI=1S/C34H37N5O5/c1-22-19-39(23(2)21-40)32(41)18-26-17-27(36-33(42)25-13-15-35-16-14-25)11-12-30(26)44-31(22)20-38(3)34(43)37-29-10-6-8-24-7-4-5-9-28(24)29/h4-17,22-23,31,40H,18-21H2,1-3H3,(H,36,42)(H,37,43)/t22-,23+,31+/m1/s1.